The lowest BCUT2D eigenvalue weighted by Gasteiger charge is -2.21. The first-order valence-corrected chi connectivity index (χ1v) is 11.7. The van der Waals surface area contributed by atoms with Crippen molar-refractivity contribution in [1.29, 1.82) is 0 Å². The van der Waals surface area contributed by atoms with E-state index in [0.717, 1.165) is 11.3 Å². The molecule has 33 heavy (non-hydrogen) atoms. The number of carbonyl (C=O) groups is 3. The van der Waals surface area contributed by atoms with Crippen molar-refractivity contribution in [2.45, 2.75) is 19.9 Å². The van der Waals surface area contributed by atoms with Gasteiger partial charge in [0, 0.05) is 10.4 Å². The minimum Gasteiger partial charge on any atom is -0.507 e. The lowest BCUT2D eigenvalue weighted by Crippen LogP contribution is -2.29. The highest BCUT2D eigenvalue weighted by atomic mass is 32.1. The van der Waals surface area contributed by atoms with Crippen LogP contribution in [0.3, 0.4) is 0 Å². The first-order valence-electron chi connectivity index (χ1n) is 10.0. The highest BCUT2D eigenvalue weighted by Crippen LogP contribution is 2.45. The molecule has 170 valence electrons. The minimum atomic E-state index is -0.892. The maximum absolute atomic E-state index is 13.2. The highest BCUT2D eigenvalue weighted by Gasteiger charge is 2.49. The molecule has 0 spiro atoms. The molecule has 2 aromatic heterocycles. The maximum Gasteiger partial charge on any atom is 0.350 e. The van der Waals surface area contributed by atoms with Crippen molar-refractivity contribution in [2.24, 2.45) is 0 Å². The number of thiophene rings is 1. The molecule has 1 saturated heterocycles. The molecule has 0 aliphatic carbocycles. The highest BCUT2D eigenvalue weighted by molar-refractivity contribution is 7.18. The second kappa shape index (κ2) is 9.16. The number of Topliss-reactive ketones (excluding diaryl/α,β-unsaturated/α-hetero) is 1. The van der Waals surface area contributed by atoms with Crippen LogP contribution in [0.4, 0.5) is 5.13 Å². The number of methoxy groups -OCH3 is 1. The molecule has 1 amide bonds. The Morgan fingerprint density at radius 2 is 2.03 bits per heavy atom. The van der Waals surface area contributed by atoms with Crippen LogP contribution in [-0.4, -0.2) is 41.5 Å². The number of carbonyl (C=O) groups excluding carboxylic acids is 3. The summed E-state index contributed by atoms with van der Waals surface area (Å²) in [6, 6.07) is 9.28. The summed E-state index contributed by atoms with van der Waals surface area (Å²) in [5, 5.41) is 13.1. The molecule has 1 unspecified atom stereocenters. The smallest absolute Gasteiger partial charge is 0.350 e. The molecule has 3 heterocycles. The van der Waals surface area contributed by atoms with Gasteiger partial charge in [0.25, 0.3) is 5.78 Å². The van der Waals surface area contributed by atoms with Crippen LogP contribution in [0.2, 0.25) is 0 Å². The van der Waals surface area contributed by atoms with Crippen molar-refractivity contribution in [2.75, 3.05) is 18.6 Å². The Morgan fingerprint density at radius 3 is 2.70 bits per heavy atom. The van der Waals surface area contributed by atoms with Gasteiger partial charge < -0.3 is 14.6 Å². The Bertz CT molecular complexity index is 1260. The quantitative estimate of drug-likeness (QED) is 0.240. The number of aliphatic hydroxyl groups excluding tert-OH is 1. The fourth-order valence-corrected chi connectivity index (χ4v) is 5.35. The van der Waals surface area contributed by atoms with Gasteiger partial charge in [-0.15, -0.1) is 11.3 Å². The van der Waals surface area contributed by atoms with E-state index in [9.17, 15) is 19.5 Å². The molecule has 10 heteroatoms. The predicted molar refractivity (Wildman–Crippen MR) is 125 cm³/mol. The average Bonchev–Trinajstić information content (AvgIpc) is 3.53. The minimum absolute atomic E-state index is 0.0544. The summed E-state index contributed by atoms with van der Waals surface area (Å²) in [4.78, 5) is 45.1. The number of ketones is 1. The number of rotatable bonds is 6. The third-order valence-electron chi connectivity index (χ3n) is 5.05. The van der Waals surface area contributed by atoms with Gasteiger partial charge in [0.1, 0.15) is 22.4 Å². The molecule has 1 aliphatic rings. The van der Waals surface area contributed by atoms with Crippen LogP contribution in [0, 0.1) is 6.92 Å². The summed E-state index contributed by atoms with van der Waals surface area (Å²) >= 11 is 2.32. The number of thiazole rings is 1. The molecule has 8 nitrogen and oxygen atoms in total. The van der Waals surface area contributed by atoms with Crippen molar-refractivity contribution >= 4 is 51.2 Å². The third kappa shape index (κ3) is 4.03. The number of aromatic nitrogens is 1. The van der Waals surface area contributed by atoms with Gasteiger partial charge in [-0.3, -0.25) is 14.5 Å². The normalized spacial score (nSPS) is 17.4. The van der Waals surface area contributed by atoms with Gasteiger partial charge >= 0.3 is 11.9 Å². The summed E-state index contributed by atoms with van der Waals surface area (Å²) in [6.07, 6.45) is 0. The van der Waals surface area contributed by atoms with Crippen molar-refractivity contribution < 1.29 is 29.0 Å². The van der Waals surface area contributed by atoms with Crippen molar-refractivity contribution in [1.82, 2.24) is 4.98 Å². The SMILES string of the molecule is CCOC(=O)c1sc(N2C(=O)C(=O)/C(=C(/O)c3cccc(OC)c3)C2c2cccs2)nc1C. The van der Waals surface area contributed by atoms with Gasteiger partial charge in [0.05, 0.1) is 25.0 Å². The van der Waals surface area contributed by atoms with Crippen LogP contribution in [0.15, 0.2) is 47.4 Å². The Kier molecular flexibility index (Phi) is 6.30. The summed E-state index contributed by atoms with van der Waals surface area (Å²) in [6.45, 7) is 3.54. The Morgan fingerprint density at radius 1 is 1.24 bits per heavy atom. The molecule has 3 aromatic rings. The van der Waals surface area contributed by atoms with E-state index in [2.05, 4.69) is 4.98 Å². The van der Waals surface area contributed by atoms with Gasteiger partial charge in [-0.25, -0.2) is 9.78 Å². The number of aliphatic hydroxyl groups is 1. The molecule has 1 N–H and O–H groups in total. The predicted octanol–water partition coefficient (Wildman–Crippen LogP) is 4.32. The van der Waals surface area contributed by atoms with Gasteiger partial charge in [0.15, 0.2) is 5.13 Å². The second-order valence-electron chi connectivity index (χ2n) is 7.05. The molecule has 0 radical (unpaired) electrons. The van der Waals surface area contributed by atoms with E-state index in [0.29, 0.717) is 21.9 Å². The molecule has 4 rings (SSSR count). The number of aryl methyl sites for hydroxylation is 1. The van der Waals surface area contributed by atoms with Crippen LogP contribution in [-0.2, 0) is 14.3 Å². The number of hydrogen-bond donors (Lipinski definition) is 1. The van der Waals surface area contributed by atoms with E-state index < -0.39 is 23.7 Å². The Labute approximate surface area is 197 Å². The van der Waals surface area contributed by atoms with Crippen LogP contribution < -0.4 is 9.64 Å². The molecular formula is C23H20N2O6S2. The lowest BCUT2D eigenvalue weighted by atomic mass is 10.00. The second-order valence-corrected chi connectivity index (χ2v) is 9.00. The Hall–Kier alpha value is -3.50. The van der Waals surface area contributed by atoms with E-state index in [1.807, 2.05) is 5.38 Å². The van der Waals surface area contributed by atoms with E-state index in [1.54, 1.807) is 50.2 Å². The topological polar surface area (TPSA) is 106 Å². The molecule has 1 aromatic carbocycles. The zero-order chi connectivity index (χ0) is 23.7. The summed E-state index contributed by atoms with van der Waals surface area (Å²) in [7, 11) is 1.50. The molecular weight excluding hydrogens is 464 g/mol. The zero-order valence-corrected chi connectivity index (χ0v) is 19.7. The molecule has 1 atom stereocenters. The number of nitrogens with zero attached hydrogens (tertiary/aromatic N) is 2. The van der Waals surface area contributed by atoms with Crippen LogP contribution in [0.25, 0.3) is 5.76 Å². The average molecular weight is 485 g/mol. The first kappa shape index (κ1) is 22.7. The van der Waals surface area contributed by atoms with Crippen molar-refractivity contribution in [3.63, 3.8) is 0 Å². The van der Waals surface area contributed by atoms with Gasteiger partial charge in [0.2, 0.25) is 0 Å². The largest absolute Gasteiger partial charge is 0.507 e. The van der Waals surface area contributed by atoms with E-state index in [4.69, 9.17) is 9.47 Å². The molecule has 1 aliphatic heterocycles. The Balaban J connectivity index is 1.87. The van der Waals surface area contributed by atoms with Gasteiger partial charge in [-0.05, 0) is 37.4 Å². The number of anilines is 1. The van der Waals surface area contributed by atoms with Gasteiger partial charge in [-0.2, -0.15) is 0 Å². The van der Waals surface area contributed by atoms with E-state index in [1.165, 1.54) is 23.3 Å². The fraction of sp³-hybridized carbons (Fsp3) is 0.217. The van der Waals surface area contributed by atoms with E-state index in [-0.39, 0.29) is 27.9 Å². The van der Waals surface area contributed by atoms with Crippen LogP contribution >= 0.6 is 22.7 Å². The number of hydrogen-bond acceptors (Lipinski definition) is 9. The summed E-state index contributed by atoms with van der Waals surface area (Å²) < 4.78 is 10.3. The number of esters is 1. The summed E-state index contributed by atoms with van der Waals surface area (Å²) in [5.74, 6) is -2.02. The molecule has 0 saturated carbocycles. The number of amides is 1. The molecule has 0 bridgehead atoms. The van der Waals surface area contributed by atoms with Gasteiger partial charge in [-0.1, -0.05) is 29.5 Å². The maximum atomic E-state index is 13.2. The number of ether oxygens (including phenoxy) is 2. The van der Waals surface area contributed by atoms with Crippen molar-refractivity contribution in [3.05, 3.63) is 68.4 Å². The molecule has 1 fully saturated rings. The number of benzene rings is 1. The van der Waals surface area contributed by atoms with Crippen LogP contribution in [0.5, 0.6) is 5.75 Å². The lowest BCUT2D eigenvalue weighted by molar-refractivity contribution is -0.132. The van der Waals surface area contributed by atoms with E-state index >= 15 is 0 Å². The fourth-order valence-electron chi connectivity index (χ4n) is 3.54. The zero-order valence-electron chi connectivity index (χ0n) is 18.0. The summed E-state index contributed by atoms with van der Waals surface area (Å²) in [5.41, 5.74) is 0.686. The van der Waals surface area contributed by atoms with Crippen molar-refractivity contribution in [3.8, 4) is 5.75 Å². The van der Waals surface area contributed by atoms with Crippen LogP contribution in [0.1, 0.15) is 38.8 Å². The first-order chi connectivity index (χ1) is 15.9. The standard InChI is InChI=1S/C23H20N2O6S2/c1-4-31-22(29)20-12(2)24-23(33-20)25-17(15-9-6-10-32-15)16(19(27)21(25)28)18(26)13-7-5-8-14(11-13)30-3/h5-11,17,26H,4H2,1-3H3/b18-16+. The monoisotopic (exact) mass is 484 g/mol. The third-order valence-corrected chi connectivity index (χ3v) is 7.11.